The predicted octanol–water partition coefficient (Wildman–Crippen LogP) is 1.46. The zero-order valence-corrected chi connectivity index (χ0v) is 16.0. The molecule has 2 N–H and O–H groups in total. The number of hydrogen-bond donors (Lipinski definition) is 2. The number of anilines is 1. The van der Waals surface area contributed by atoms with E-state index in [2.05, 4.69) is 10.6 Å². The van der Waals surface area contributed by atoms with Gasteiger partial charge in [0.05, 0.1) is 11.6 Å². The number of carbonyl (C=O) groups excluding carboxylic acids is 3. The van der Waals surface area contributed by atoms with E-state index >= 15 is 0 Å². The van der Waals surface area contributed by atoms with E-state index in [0.29, 0.717) is 26.2 Å². The van der Waals surface area contributed by atoms with Crippen molar-refractivity contribution in [2.75, 3.05) is 31.5 Å². The first-order valence-corrected chi connectivity index (χ1v) is 9.47. The molecule has 0 bridgehead atoms. The second-order valence-electron chi connectivity index (χ2n) is 7.32. The largest absolute Gasteiger partial charge is 0.416 e. The van der Waals surface area contributed by atoms with E-state index in [1.807, 2.05) is 4.90 Å². The van der Waals surface area contributed by atoms with E-state index in [0.717, 1.165) is 25.0 Å². The Morgan fingerprint density at radius 1 is 1.03 bits per heavy atom. The van der Waals surface area contributed by atoms with Crippen LogP contribution in [-0.4, -0.2) is 65.8 Å². The molecule has 158 valence electrons. The molecule has 1 atom stereocenters. The van der Waals surface area contributed by atoms with Gasteiger partial charge in [-0.05, 0) is 44.0 Å². The van der Waals surface area contributed by atoms with Crippen molar-refractivity contribution in [3.63, 3.8) is 0 Å². The van der Waals surface area contributed by atoms with Crippen molar-refractivity contribution in [3.8, 4) is 0 Å². The summed E-state index contributed by atoms with van der Waals surface area (Å²) in [6, 6.07) is 3.83. The Bertz CT molecular complexity index is 770. The Balaban J connectivity index is 1.48. The summed E-state index contributed by atoms with van der Waals surface area (Å²) in [6.45, 7) is 3.19. The quantitative estimate of drug-likeness (QED) is 0.734. The first-order valence-electron chi connectivity index (χ1n) is 9.47. The number of nitrogens with zero attached hydrogens (tertiary/aromatic N) is 2. The smallest absolute Gasteiger partial charge is 0.345 e. The highest BCUT2D eigenvalue weighted by Crippen LogP contribution is 2.29. The fourth-order valence-electron chi connectivity index (χ4n) is 3.09. The molecule has 1 saturated heterocycles. The van der Waals surface area contributed by atoms with Crippen LogP contribution >= 0.6 is 0 Å². The van der Waals surface area contributed by atoms with Gasteiger partial charge in [0.1, 0.15) is 0 Å². The molecule has 1 aliphatic heterocycles. The van der Waals surface area contributed by atoms with E-state index in [1.54, 1.807) is 6.92 Å². The van der Waals surface area contributed by atoms with Crippen LogP contribution in [0.4, 0.5) is 18.9 Å². The van der Waals surface area contributed by atoms with Crippen molar-refractivity contribution in [2.24, 2.45) is 0 Å². The molecule has 29 heavy (non-hydrogen) atoms. The van der Waals surface area contributed by atoms with Crippen molar-refractivity contribution in [1.82, 2.24) is 15.1 Å². The van der Waals surface area contributed by atoms with Crippen LogP contribution in [0.5, 0.6) is 0 Å². The van der Waals surface area contributed by atoms with E-state index in [9.17, 15) is 27.6 Å². The molecule has 1 aliphatic carbocycles. The first kappa shape index (κ1) is 21.1. The molecule has 0 spiro atoms. The molecule has 2 fully saturated rings. The summed E-state index contributed by atoms with van der Waals surface area (Å²) >= 11 is 0. The Morgan fingerprint density at radius 2 is 1.62 bits per heavy atom. The van der Waals surface area contributed by atoms with Crippen LogP contribution in [0.3, 0.4) is 0 Å². The minimum absolute atomic E-state index is 0.113. The second-order valence-corrected chi connectivity index (χ2v) is 7.32. The Labute approximate surface area is 166 Å². The van der Waals surface area contributed by atoms with Gasteiger partial charge in [-0.3, -0.25) is 19.3 Å². The summed E-state index contributed by atoms with van der Waals surface area (Å²) in [5, 5.41) is 5.27. The number of hydrogen-bond acceptors (Lipinski definition) is 4. The number of benzene rings is 1. The average Bonchev–Trinajstić information content (AvgIpc) is 3.50. The number of piperazine rings is 1. The zero-order valence-electron chi connectivity index (χ0n) is 16.0. The normalized spacial score (nSPS) is 18.8. The summed E-state index contributed by atoms with van der Waals surface area (Å²) in [6.07, 6.45) is -2.63. The van der Waals surface area contributed by atoms with Gasteiger partial charge in [0.15, 0.2) is 0 Å². The van der Waals surface area contributed by atoms with E-state index in [-0.39, 0.29) is 17.6 Å². The highest BCUT2D eigenvalue weighted by atomic mass is 19.4. The third kappa shape index (κ3) is 5.47. The van der Waals surface area contributed by atoms with Crippen LogP contribution in [0.15, 0.2) is 24.3 Å². The lowest BCUT2D eigenvalue weighted by molar-refractivity contribution is -0.147. The second kappa shape index (κ2) is 8.40. The molecule has 2 aliphatic rings. The fourth-order valence-corrected chi connectivity index (χ4v) is 3.09. The molecule has 1 aromatic carbocycles. The average molecular weight is 412 g/mol. The molecule has 1 unspecified atom stereocenters. The molecule has 1 saturated carbocycles. The van der Waals surface area contributed by atoms with E-state index < -0.39 is 29.6 Å². The lowest BCUT2D eigenvalue weighted by Gasteiger charge is -2.37. The van der Waals surface area contributed by atoms with Crippen LogP contribution < -0.4 is 10.6 Å². The lowest BCUT2D eigenvalue weighted by Crippen LogP contribution is -2.56. The van der Waals surface area contributed by atoms with Gasteiger partial charge in [-0.25, -0.2) is 0 Å². The Kier molecular flexibility index (Phi) is 6.11. The Hall–Kier alpha value is -2.62. The van der Waals surface area contributed by atoms with E-state index in [4.69, 9.17) is 0 Å². The van der Waals surface area contributed by atoms with Crippen LogP contribution in [0.25, 0.3) is 0 Å². The van der Waals surface area contributed by atoms with Gasteiger partial charge in [0.25, 0.3) is 0 Å². The van der Waals surface area contributed by atoms with Crippen molar-refractivity contribution < 1.29 is 27.6 Å². The molecule has 3 amide bonds. The molecule has 7 nitrogen and oxygen atoms in total. The van der Waals surface area contributed by atoms with Gasteiger partial charge >= 0.3 is 18.0 Å². The molecule has 1 heterocycles. The maximum absolute atomic E-state index is 12.6. The maximum Gasteiger partial charge on any atom is 0.416 e. The third-order valence-corrected chi connectivity index (χ3v) is 5.12. The molecule has 1 aromatic rings. The van der Waals surface area contributed by atoms with Crippen molar-refractivity contribution in [1.29, 1.82) is 0 Å². The number of carbonyl (C=O) groups is 3. The fraction of sp³-hybridized carbons (Fsp3) is 0.526. The van der Waals surface area contributed by atoms with Gasteiger partial charge in [-0.2, -0.15) is 13.2 Å². The molecule has 10 heteroatoms. The monoisotopic (exact) mass is 412 g/mol. The molecule has 3 rings (SSSR count). The minimum atomic E-state index is -4.43. The third-order valence-electron chi connectivity index (χ3n) is 5.12. The van der Waals surface area contributed by atoms with Gasteiger partial charge in [0.2, 0.25) is 5.91 Å². The standard InChI is InChI=1S/C19H23F3N4O3/c1-12(16(27)23-14-4-2-13(3-5-14)19(20,21)22)25-8-10-26(11-9-25)18(29)17(28)24-15-6-7-15/h2-5,12,15H,6-11H2,1H3,(H,23,27)(H,24,28). The summed E-state index contributed by atoms with van der Waals surface area (Å²) in [5.41, 5.74) is -0.504. The predicted molar refractivity (Wildman–Crippen MR) is 98.9 cm³/mol. The summed E-state index contributed by atoms with van der Waals surface area (Å²) in [7, 11) is 0. The molecule has 0 aromatic heterocycles. The highest BCUT2D eigenvalue weighted by Gasteiger charge is 2.33. The SMILES string of the molecule is CC(C(=O)Nc1ccc(C(F)(F)F)cc1)N1CCN(C(=O)C(=O)NC2CC2)CC1. The van der Waals surface area contributed by atoms with Crippen LogP contribution in [-0.2, 0) is 20.6 Å². The number of halogens is 3. The topological polar surface area (TPSA) is 81.8 Å². The number of rotatable bonds is 4. The van der Waals surface area contributed by atoms with Crippen LogP contribution in [0.1, 0.15) is 25.3 Å². The number of nitrogens with one attached hydrogen (secondary N) is 2. The maximum atomic E-state index is 12.6. The number of alkyl halides is 3. The van der Waals surface area contributed by atoms with Gasteiger partial charge < -0.3 is 15.5 Å². The molecular formula is C19H23F3N4O3. The Morgan fingerprint density at radius 3 is 2.14 bits per heavy atom. The van der Waals surface area contributed by atoms with Gasteiger partial charge in [0, 0.05) is 37.9 Å². The zero-order chi connectivity index (χ0) is 21.2. The lowest BCUT2D eigenvalue weighted by atomic mass is 10.1. The van der Waals surface area contributed by atoms with Gasteiger partial charge in [-0.15, -0.1) is 0 Å². The highest BCUT2D eigenvalue weighted by molar-refractivity contribution is 6.35. The minimum Gasteiger partial charge on any atom is -0.345 e. The first-order chi connectivity index (χ1) is 13.6. The van der Waals surface area contributed by atoms with Crippen molar-refractivity contribution in [3.05, 3.63) is 29.8 Å². The molecular weight excluding hydrogens is 389 g/mol. The summed E-state index contributed by atoms with van der Waals surface area (Å²) in [5.74, 6) is -1.50. The number of amides is 3. The van der Waals surface area contributed by atoms with Crippen LogP contribution in [0, 0.1) is 0 Å². The summed E-state index contributed by atoms with van der Waals surface area (Å²) < 4.78 is 37.8. The van der Waals surface area contributed by atoms with Crippen LogP contribution in [0.2, 0.25) is 0 Å². The van der Waals surface area contributed by atoms with Crippen molar-refractivity contribution >= 4 is 23.4 Å². The van der Waals surface area contributed by atoms with Crippen molar-refractivity contribution in [2.45, 2.75) is 38.0 Å². The van der Waals surface area contributed by atoms with E-state index in [1.165, 1.54) is 17.0 Å². The van der Waals surface area contributed by atoms with Gasteiger partial charge in [-0.1, -0.05) is 0 Å². The summed E-state index contributed by atoms with van der Waals surface area (Å²) in [4.78, 5) is 39.8. The molecule has 0 radical (unpaired) electrons.